The van der Waals surface area contributed by atoms with Gasteiger partial charge in [-0.25, -0.2) is 0 Å². The Balaban J connectivity index is 2.78. The number of hydrogen-bond acceptors (Lipinski definition) is 2. The van der Waals surface area contributed by atoms with Crippen LogP contribution in [0.1, 0.15) is 46.6 Å². The van der Waals surface area contributed by atoms with E-state index in [9.17, 15) is 9.90 Å². The van der Waals surface area contributed by atoms with Gasteiger partial charge in [-0.2, -0.15) is 0 Å². The molecule has 0 unspecified atom stereocenters. The number of amides is 1. The van der Waals surface area contributed by atoms with E-state index in [0.717, 1.165) is 12.8 Å². The van der Waals surface area contributed by atoms with Gasteiger partial charge < -0.3 is 15.0 Å². The number of aliphatic hydroxyl groups excluding tert-OH is 1. The molecule has 0 aromatic carbocycles. The second kappa shape index (κ2) is 8.10. The number of hydrogen-bond donors (Lipinski definition) is 2. The summed E-state index contributed by atoms with van der Waals surface area (Å²) >= 11 is 0. The van der Waals surface area contributed by atoms with E-state index in [0.29, 0.717) is 5.92 Å². The van der Waals surface area contributed by atoms with Crippen molar-refractivity contribution in [1.82, 2.24) is 9.88 Å². The van der Waals surface area contributed by atoms with Crippen molar-refractivity contribution in [2.45, 2.75) is 52.6 Å². The van der Waals surface area contributed by atoms with Crippen LogP contribution >= 0.6 is 0 Å². The Morgan fingerprint density at radius 2 is 1.85 bits per heavy atom. The highest BCUT2D eigenvalue weighted by atomic mass is 16.3. The van der Waals surface area contributed by atoms with Gasteiger partial charge in [-0.3, -0.25) is 4.79 Å². The quantitative estimate of drug-likeness (QED) is 0.769. The van der Waals surface area contributed by atoms with Crippen LogP contribution in [0.2, 0.25) is 0 Å². The third-order valence-electron chi connectivity index (χ3n) is 3.84. The summed E-state index contributed by atoms with van der Waals surface area (Å²) in [6.45, 7) is 8.33. The second-order valence-corrected chi connectivity index (χ2v) is 5.96. The fraction of sp³-hybridized carbons (Fsp3) is 0.688. The van der Waals surface area contributed by atoms with Crippen LogP contribution in [0.4, 0.5) is 0 Å². The molecule has 1 amide bonds. The topological polar surface area (TPSA) is 54.3 Å². The maximum Gasteiger partial charge on any atom is 0.243 e. The first kappa shape index (κ1) is 16.8. The first-order valence-corrected chi connectivity index (χ1v) is 7.53. The molecule has 0 radical (unpaired) electrons. The highest BCUT2D eigenvalue weighted by molar-refractivity contribution is 5.80. The Bertz CT molecular complexity index is 387. The average Bonchev–Trinajstić information content (AvgIpc) is 2.94. The molecule has 0 fully saturated rings. The highest BCUT2D eigenvalue weighted by Crippen LogP contribution is 2.19. The van der Waals surface area contributed by atoms with Crippen molar-refractivity contribution < 1.29 is 9.90 Å². The van der Waals surface area contributed by atoms with Gasteiger partial charge in [0.25, 0.3) is 0 Å². The summed E-state index contributed by atoms with van der Waals surface area (Å²) in [5.41, 5.74) is 0. The summed E-state index contributed by atoms with van der Waals surface area (Å²) in [6, 6.07) is 3.48. The minimum Gasteiger partial charge on any atom is -0.394 e. The van der Waals surface area contributed by atoms with Gasteiger partial charge in [0.2, 0.25) is 5.91 Å². The zero-order chi connectivity index (χ0) is 15.1. The molecule has 114 valence electrons. The Morgan fingerprint density at radius 1 is 1.25 bits per heavy atom. The number of carbonyl (C=O) groups excluding carboxylic acids is 1. The fourth-order valence-electron chi connectivity index (χ4n) is 2.30. The Labute approximate surface area is 122 Å². The zero-order valence-corrected chi connectivity index (χ0v) is 13.0. The fourth-order valence-corrected chi connectivity index (χ4v) is 2.30. The van der Waals surface area contributed by atoms with E-state index in [4.69, 9.17) is 0 Å². The van der Waals surface area contributed by atoms with E-state index in [1.807, 2.05) is 36.0 Å². The molecular weight excluding hydrogens is 252 g/mol. The molecule has 0 aliphatic heterocycles. The molecule has 0 saturated carbocycles. The molecule has 1 rings (SSSR count). The molecule has 0 bridgehead atoms. The van der Waals surface area contributed by atoms with Gasteiger partial charge in [0.05, 0.1) is 12.6 Å². The van der Waals surface area contributed by atoms with Gasteiger partial charge in [-0.1, -0.05) is 34.1 Å². The molecule has 4 heteroatoms. The largest absolute Gasteiger partial charge is 0.394 e. The summed E-state index contributed by atoms with van der Waals surface area (Å²) in [5, 5.41) is 12.5. The van der Waals surface area contributed by atoms with Gasteiger partial charge in [0, 0.05) is 12.4 Å². The van der Waals surface area contributed by atoms with Crippen LogP contribution in [0.5, 0.6) is 0 Å². The van der Waals surface area contributed by atoms with Crippen molar-refractivity contribution in [2.24, 2.45) is 11.8 Å². The van der Waals surface area contributed by atoms with Crippen molar-refractivity contribution in [2.75, 3.05) is 6.61 Å². The zero-order valence-electron chi connectivity index (χ0n) is 13.0. The van der Waals surface area contributed by atoms with E-state index in [1.165, 1.54) is 0 Å². The molecule has 1 aromatic rings. The number of carbonyl (C=O) groups is 1. The Hall–Kier alpha value is -1.29. The van der Waals surface area contributed by atoms with Crippen LogP contribution < -0.4 is 5.32 Å². The van der Waals surface area contributed by atoms with E-state index in [-0.39, 0.29) is 30.5 Å². The second-order valence-electron chi connectivity index (χ2n) is 5.96. The molecule has 3 atom stereocenters. The van der Waals surface area contributed by atoms with Crippen molar-refractivity contribution in [3.05, 3.63) is 24.5 Å². The van der Waals surface area contributed by atoms with Crippen LogP contribution in [0.25, 0.3) is 0 Å². The number of nitrogens with one attached hydrogen (secondary N) is 1. The summed E-state index contributed by atoms with van der Waals surface area (Å²) in [4.78, 5) is 12.5. The van der Waals surface area contributed by atoms with Gasteiger partial charge in [-0.15, -0.1) is 0 Å². The average molecular weight is 280 g/mol. The molecule has 1 heterocycles. The highest BCUT2D eigenvalue weighted by Gasteiger charge is 2.25. The van der Waals surface area contributed by atoms with Gasteiger partial charge in [0.15, 0.2) is 0 Å². The molecule has 1 aromatic heterocycles. The molecule has 20 heavy (non-hydrogen) atoms. The van der Waals surface area contributed by atoms with Crippen LogP contribution in [0.15, 0.2) is 24.5 Å². The maximum atomic E-state index is 12.5. The predicted octanol–water partition coefficient (Wildman–Crippen LogP) is 2.60. The molecule has 0 saturated heterocycles. The third-order valence-corrected chi connectivity index (χ3v) is 3.84. The normalized spacial score (nSPS) is 15.9. The number of nitrogens with zero attached hydrogens (tertiary/aromatic N) is 1. The van der Waals surface area contributed by atoms with Crippen LogP contribution in [0.3, 0.4) is 0 Å². The van der Waals surface area contributed by atoms with Crippen molar-refractivity contribution >= 4 is 5.91 Å². The van der Waals surface area contributed by atoms with Gasteiger partial charge in [0.1, 0.15) is 6.04 Å². The van der Waals surface area contributed by atoms with Crippen molar-refractivity contribution in [3.63, 3.8) is 0 Å². The van der Waals surface area contributed by atoms with Gasteiger partial charge >= 0.3 is 0 Å². The number of aromatic nitrogens is 1. The maximum absolute atomic E-state index is 12.5. The lowest BCUT2D eigenvalue weighted by molar-refractivity contribution is -0.126. The van der Waals surface area contributed by atoms with Crippen LogP contribution in [0, 0.1) is 11.8 Å². The molecular formula is C16H28N2O2. The van der Waals surface area contributed by atoms with E-state index >= 15 is 0 Å². The third kappa shape index (κ3) is 4.67. The van der Waals surface area contributed by atoms with Crippen molar-refractivity contribution in [1.29, 1.82) is 0 Å². The molecule has 2 N–H and O–H groups in total. The minimum atomic E-state index is -0.205. The Morgan fingerprint density at radius 3 is 2.30 bits per heavy atom. The predicted molar refractivity (Wildman–Crippen MR) is 81.4 cm³/mol. The van der Waals surface area contributed by atoms with Crippen LogP contribution in [-0.4, -0.2) is 28.2 Å². The first-order valence-electron chi connectivity index (χ1n) is 7.53. The molecule has 0 aliphatic rings. The lowest BCUT2D eigenvalue weighted by Gasteiger charge is -2.26. The van der Waals surface area contributed by atoms with Crippen molar-refractivity contribution in [3.8, 4) is 0 Å². The Kier molecular flexibility index (Phi) is 6.79. The summed E-state index contributed by atoms with van der Waals surface area (Å²) in [7, 11) is 0. The smallest absolute Gasteiger partial charge is 0.243 e. The lowest BCUT2D eigenvalue weighted by atomic mass is 9.98. The van der Waals surface area contributed by atoms with Gasteiger partial charge in [-0.05, 0) is 30.4 Å². The standard InChI is InChI=1S/C16H28N2O2/c1-5-13(4)14(11-19)17-16(20)15(10-12(2)3)18-8-6-7-9-18/h6-9,12-15,19H,5,10-11H2,1-4H3,(H,17,20)/t13-,14-,15+/m1/s1. The molecule has 4 nitrogen and oxygen atoms in total. The van der Waals surface area contributed by atoms with E-state index < -0.39 is 0 Å². The summed E-state index contributed by atoms with van der Waals surface area (Å²) in [6.07, 6.45) is 5.57. The number of aliphatic hydroxyl groups is 1. The molecule has 0 spiro atoms. The summed E-state index contributed by atoms with van der Waals surface area (Å²) in [5.74, 6) is 0.701. The monoisotopic (exact) mass is 280 g/mol. The summed E-state index contributed by atoms with van der Waals surface area (Å²) < 4.78 is 1.94. The SMILES string of the molecule is CC[C@@H](C)[C@@H](CO)NC(=O)[C@H](CC(C)C)n1cccc1. The lowest BCUT2D eigenvalue weighted by Crippen LogP contribution is -2.45. The number of rotatable bonds is 8. The first-order chi connectivity index (χ1) is 9.49. The minimum absolute atomic E-state index is 0.00532. The molecule has 0 aliphatic carbocycles. The van der Waals surface area contributed by atoms with E-state index in [2.05, 4.69) is 26.1 Å². The van der Waals surface area contributed by atoms with Crippen LogP contribution in [-0.2, 0) is 4.79 Å². The van der Waals surface area contributed by atoms with E-state index in [1.54, 1.807) is 0 Å².